The van der Waals surface area contributed by atoms with E-state index in [9.17, 15) is 9.59 Å². The van der Waals surface area contributed by atoms with E-state index in [1.165, 1.54) is 6.08 Å². The molecule has 0 aromatic carbocycles. The summed E-state index contributed by atoms with van der Waals surface area (Å²) in [6, 6.07) is 3.76. The van der Waals surface area contributed by atoms with Crippen molar-refractivity contribution < 1.29 is 14.3 Å². The van der Waals surface area contributed by atoms with Crippen molar-refractivity contribution in [3.8, 4) is 17.0 Å². The molecule has 2 aromatic heterocycles. The Balaban J connectivity index is 1.55. The number of fused-ring (bicyclic) bond motifs is 1. The van der Waals surface area contributed by atoms with Gasteiger partial charge < -0.3 is 19.9 Å². The average Bonchev–Trinajstić information content (AvgIpc) is 3.33. The van der Waals surface area contributed by atoms with Gasteiger partial charge in [0.15, 0.2) is 0 Å². The summed E-state index contributed by atoms with van der Waals surface area (Å²) in [6.45, 7) is 5.35. The molecular formula is C20H22N4O3. The molecule has 0 radical (unpaired) electrons. The Kier molecular flexibility index (Phi) is 4.66. The van der Waals surface area contributed by atoms with Crippen molar-refractivity contribution in [2.24, 2.45) is 0 Å². The van der Waals surface area contributed by atoms with Gasteiger partial charge in [-0.05, 0) is 31.1 Å². The van der Waals surface area contributed by atoms with Crippen molar-refractivity contribution in [2.75, 3.05) is 19.7 Å². The third-order valence-electron chi connectivity index (χ3n) is 5.15. The SMILES string of the molecule is C=CC(=O)N1CCC[C@H]1COc1cnccc1-c1cc2c([nH]1)CCNC2=O. The van der Waals surface area contributed by atoms with Crippen LogP contribution in [0.2, 0.25) is 0 Å². The standard InChI is InChI=1S/C20H22N4O3/c1-2-19(25)24-9-3-4-13(24)12-27-18-11-21-7-5-14(18)17-10-15-16(23-17)6-8-22-20(15)26/h2,5,7,10-11,13,23H,1,3-4,6,8-9,12H2,(H,22,26)/t13-/m0/s1. The zero-order valence-corrected chi connectivity index (χ0v) is 15.0. The van der Waals surface area contributed by atoms with Crippen molar-refractivity contribution in [3.63, 3.8) is 0 Å². The Bertz CT molecular complexity index is 889. The number of pyridine rings is 1. The molecule has 7 nitrogen and oxygen atoms in total. The van der Waals surface area contributed by atoms with Gasteiger partial charge in [0.05, 0.1) is 23.5 Å². The molecule has 0 bridgehead atoms. The molecule has 4 heterocycles. The highest BCUT2D eigenvalue weighted by Gasteiger charge is 2.28. The van der Waals surface area contributed by atoms with E-state index in [1.54, 1.807) is 17.3 Å². The molecule has 0 spiro atoms. The van der Waals surface area contributed by atoms with Gasteiger partial charge in [0.25, 0.3) is 5.91 Å². The summed E-state index contributed by atoms with van der Waals surface area (Å²) in [5, 5.41) is 2.85. The zero-order chi connectivity index (χ0) is 18.8. The fourth-order valence-electron chi connectivity index (χ4n) is 3.76. The molecule has 0 aliphatic carbocycles. The van der Waals surface area contributed by atoms with Crippen LogP contribution < -0.4 is 10.1 Å². The lowest BCUT2D eigenvalue weighted by molar-refractivity contribution is -0.127. The summed E-state index contributed by atoms with van der Waals surface area (Å²) in [7, 11) is 0. The number of nitrogens with one attached hydrogen (secondary N) is 2. The fourth-order valence-corrected chi connectivity index (χ4v) is 3.76. The van der Waals surface area contributed by atoms with Gasteiger partial charge in [0.2, 0.25) is 5.91 Å². The summed E-state index contributed by atoms with van der Waals surface area (Å²) in [5.74, 6) is 0.518. The Hall–Kier alpha value is -3.09. The average molecular weight is 366 g/mol. The molecule has 2 aromatic rings. The first-order chi connectivity index (χ1) is 13.2. The van der Waals surface area contributed by atoms with Gasteiger partial charge in [-0.15, -0.1) is 0 Å². The molecule has 1 fully saturated rings. The van der Waals surface area contributed by atoms with Crippen LogP contribution in [0.4, 0.5) is 0 Å². The lowest BCUT2D eigenvalue weighted by atomic mass is 10.1. The first kappa shape index (κ1) is 17.3. The summed E-state index contributed by atoms with van der Waals surface area (Å²) in [4.78, 5) is 33.3. The number of aromatic nitrogens is 2. The first-order valence-corrected chi connectivity index (χ1v) is 9.17. The predicted molar refractivity (Wildman–Crippen MR) is 100 cm³/mol. The number of aromatic amines is 1. The van der Waals surface area contributed by atoms with E-state index in [-0.39, 0.29) is 17.9 Å². The molecule has 4 rings (SSSR count). The molecule has 140 valence electrons. The second-order valence-corrected chi connectivity index (χ2v) is 6.80. The van der Waals surface area contributed by atoms with Gasteiger partial charge in [0, 0.05) is 37.0 Å². The van der Waals surface area contributed by atoms with E-state index in [0.29, 0.717) is 24.5 Å². The highest BCUT2D eigenvalue weighted by Crippen LogP contribution is 2.31. The molecule has 1 saturated heterocycles. The van der Waals surface area contributed by atoms with E-state index in [0.717, 1.165) is 42.8 Å². The first-order valence-electron chi connectivity index (χ1n) is 9.17. The van der Waals surface area contributed by atoms with Crippen molar-refractivity contribution in [1.29, 1.82) is 0 Å². The minimum absolute atomic E-state index is 0.0335. The van der Waals surface area contributed by atoms with Gasteiger partial charge in [-0.2, -0.15) is 0 Å². The van der Waals surface area contributed by atoms with Gasteiger partial charge in [-0.25, -0.2) is 0 Å². The number of carbonyl (C=O) groups excluding carboxylic acids is 2. The number of ether oxygens (including phenoxy) is 1. The minimum Gasteiger partial charge on any atom is -0.489 e. The zero-order valence-electron chi connectivity index (χ0n) is 15.0. The van der Waals surface area contributed by atoms with Gasteiger partial charge in [-0.1, -0.05) is 6.58 Å². The quantitative estimate of drug-likeness (QED) is 0.792. The number of H-pyrrole nitrogens is 1. The summed E-state index contributed by atoms with van der Waals surface area (Å²) in [6.07, 6.45) is 7.37. The molecule has 2 N–H and O–H groups in total. The van der Waals surface area contributed by atoms with Crippen LogP contribution in [-0.4, -0.2) is 52.4 Å². The van der Waals surface area contributed by atoms with E-state index in [2.05, 4.69) is 21.9 Å². The maximum atomic E-state index is 12.0. The van der Waals surface area contributed by atoms with Crippen LogP contribution in [0, 0.1) is 0 Å². The van der Waals surface area contributed by atoms with Crippen molar-refractivity contribution in [3.05, 3.63) is 48.4 Å². The number of nitrogens with zero attached hydrogens (tertiary/aromatic N) is 2. The fraction of sp³-hybridized carbons (Fsp3) is 0.350. The molecule has 27 heavy (non-hydrogen) atoms. The molecule has 1 atom stereocenters. The highest BCUT2D eigenvalue weighted by molar-refractivity contribution is 5.98. The van der Waals surface area contributed by atoms with E-state index in [4.69, 9.17) is 4.74 Å². The third-order valence-corrected chi connectivity index (χ3v) is 5.15. The number of carbonyl (C=O) groups is 2. The van der Waals surface area contributed by atoms with Crippen molar-refractivity contribution in [1.82, 2.24) is 20.2 Å². The van der Waals surface area contributed by atoms with Crippen LogP contribution in [0.25, 0.3) is 11.3 Å². The van der Waals surface area contributed by atoms with Crippen LogP contribution in [0.15, 0.2) is 37.2 Å². The van der Waals surface area contributed by atoms with E-state index < -0.39 is 0 Å². The lowest BCUT2D eigenvalue weighted by Gasteiger charge is -2.23. The lowest BCUT2D eigenvalue weighted by Crippen LogP contribution is -2.38. The number of rotatable bonds is 5. The van der Waals surface area contributed by atoms with E-state index in [1.807, 2.05) is 12.1 Å². The largest absolute Gasteiger partial charge is 0.489 e. The topological polar surface area (TPSA) is 87.3 Å². The van der Waals surface area contributed by atoms with Crippen LogP contribution in [-0.2, 0) is 11.2 Å². The molecule has 0 saturated carbocycles. The monoisotopic (exact) mass is 366 g/mol. The summed E-state index contributed by atoms with van der Waals surface area (Å²) < 4.78 is 6.05. The predicted octanol–water partition coefficient (Wildman–Crippen LogP) is 1.92. The summed E-state index contributed by atoms with van der Waals surface area (Å²) >= 11 is 0. The van der Waals surface area contributed by atoms with E-state index >= 15 is 0 Å². The normalized spacial score (nSPS) is 18.7. The number of likely N-dealkylation sites (tertiary alicyclic amines) is 1. The van der Waals surface area contributed by atoms with Gasteiger partial charge in [-0.3, -0.25) is 14.6 Å². The smallest absolute Gasteiger partial charge is 0.253 e. The number of amides is 2. The van der Waals surface area contributed by atoms with Gasteiger partial charge in [0.1, 0.15) is 12.4 Å². The summed E-state index contributed by atoms with van der Waals surface area (Å²) in [5.41, 5.74) is 3.30. The van der Waals surface area contributed by atoms with Crippen LogP contribution >= 0.6 is 0 Å². The maximum Gasteiger partial charge on any atom is 0.253 e. The second kappa shape index (κ2) is 7.26. The molecule has 0 unspecified atom stereocenters. The van der Waals surface area contributed by atoms with Gasteiger partial charge >= 0.3 is 0 Å². The number of hydrogen-bond donors (Lipinski definition) is 2. The molecule has 2 amide bonds. The Morgan fingerprint density at radius 2 is 2.33 bits per heavy atom. The van der Waals surface area contributed by atoms with Crippen molar-refractivity contribution in [2.45, 2.75) is 25.3 Å². The molecular weight excluding hydrogens is 344 g/mol. The highest BCUT2D eigenvalue weighted by atomic mass is 16.5. The maximum absolute atomic E-state index is 12.0. The Labute approximate surface area is 157 Å². The number of hydrogen-bond acceptors (Lipinski definition) is 4. The van der Waals surface area contributed by atoms with Crippen molar-refractivity contribution >= 4 is 11.8 Å². The molecule has 2 aliphatic heterocycles. The van der Waals surface area contributed by atoms with Crippen LogP contribution in [0.3, 0.4) is 0 Å². The third kappa shape index (κ3) is 3.32. The second-order valence-electron chi connectivity index (χ2n) is 6.80. The Morgan fingerprint density at radius 1 is 1.44 bits per heavy atom. The van der Waals surface area contributed by atoms with Crippen LogP contribution in [0.1, 0.15) is 28.9 Å². The van der Waals surface area contributed by atoms with Crippen LogP contribution in [0.5, 0.6) is 5.75 Å². The molecule has 2 aliphatic rings. The Morgan fingerprint density at radius 3 is 3.15 bits per heavy atom. The molecule has 7 heteroatoms. The minimum atomic E-state index is -0.0597.